The summed E-state index contributed by atoms with van der Waals surface area (Å²) in [6.45, 7) is -0.395. The molecule has 0 saturated carbocycles. The Kier molecular flexibility index (Phi) is 4.85. The first-order valence-electron chi connectivity index (χ1n) is 5.62. The van der Waals surface area contributed by atoms with Gasteiger partial charge in [-0.15, -0.1) is 11.8 Å². The van der Waals surface area contributed by atoms with Gasteiger partial charge in [0.2, 0.25) is 0 Å². The van der Waals surface area contributed by atoms with Gasteiger partial charge >= 0.3 is 5.97 Å². The lowest BCUT2D eigenvalue weighted by molar-refractivity contribution is -0.140. The number of carbonyl (C=O) groups excluding carboxylic acids is 1. The molecule has 1 N–H and O–H groups in total. The van der Waals surface area contributed by atoms with Gasteiger partial charge in [0.1, 0.15) is 10.9 Å². The molecule has 1 aliphatic heterocycles. The molecule has 7 heteroatoms. The molecule has 2 rings (SSSR count). The number of benzene rings is 1. The maximum Gasteiger partial charge on any atom is 0.323 e. The molecule has 1 fully saturated rings. The molecule has 1 heterocycles. The highest BCUT2D eigenvalue weighted by molar-refractivity contribution is 8.26. The smallest absolute Gasteiger partial charge is 0.323 e. The Morgan fingerprint density at radius 2 is 2.10 bits per heavy atom. The van der Waals surface area contributed by atoms with E-state index in [0.29, 0.717) is 4.91 Å². The molecular weight excluding hydrogens is 314 g/mol. The normalized spacial score (nSPS) is 17.1. The molecular formula is C13H11NO3S3. The quantitative estimate of drug-likeness (QED) is 0.522. The van der Waals surface area contributed by atoms with Gasteiger partial charge in [0.25, 0.3) is 5.91 Å². The first kappa shape index (κ1) is 15.1. The average molecular weight is 325 g/mol. The van der Waals surface area contributed by atoms with Gasteiger partial charge in [0, 0.05) is 4.90 Å². The van der Waals surface area contributed by atoms with Gasteiger partial charge in [-0.1, -0.05) is 36.1 Å². The molecule has 0 atom stereocenters. The number of carbonyl (C=O) groups is 2. The van der Waals surface area contributed by atoms with Crippen LogP contribution in [0.2, 0.25) is 0 Å². The van der Waals surface area contributed by atoms with E-state index in [9.17, 15) is 9.59 Å². The molecule has 0 aliphatic carbocycles. The molecule has 0 aromatic heterocycles. The SMILES string of the molecule is CSc1ccc(/C=C2\SC(=S)N(CC(=O)O)C2=O)cc1. The number of thioether (sulfide) groups is 2. The van der Waals surface area contributed by atoms with Gasteiger partial charge in [0.05, 0.1) is 4.91 Å². The van der Waals surface area contributed by atoms with Crippen LogP contribution in [0.5, 0.6) is 0 Å². The first-order valence-corrected chi connectivity index (χ1v) is 8.07. The summed E-state index contributed by atoms with van der Waals surface area (Å²) in [5.41, 5.74) is 0.888. The van der Waals surface area contributed by atoms with Crippen molar-refractivity contribution < 1.29 is 14.7 Å². The molecule has 0 radical (unpaired) electrons. The molecule has 0 unspecified atom stereocenters. The number of thiocarbonyl (C=S) groups is 1. The van der Waals surface area contributed by atoms with Gasteiger partial charge in [-0.3, -0.25) is 14.5 Å². The summed E-state index contributed by atoms with van der Waals surface area (Å²) in [6, 6.07) is 7.76. The van der Waals surface area contributed by atoms with E-state index in [0.717, 1.165) is 27.1 Å². The van der Waals surface area contributed by atoms with Crippen LogP contribution in [0.3, 0.4) is 0 Å². The number of rotatable bonds is 4. The van der Waals surface area contributed by atoms with Crippen molar-refractivity contribution in [2.45, 2.75) is 4.90 Å². The summed E-state index contributed by atoms with van der Waals surface area (Å²) in [7, 11) is 0. The maximum absolute atomic E-state index is 12.1. The second-order valence-electron chi connectivity index (χ2n) is 3.93. The van der Waals surface area contributed by atoms with Crippen molar-refractivity contribution >= 4 is 58.0 Å². The summed E-state index contributed by atoms with van der Waals surface area (Å²) in [6.07, 6.45) is 3.72. The van der Waals surface area contributed by atoms with Crippen molar-refractivity contribution in [1.82, 2.24) is 4.90 Å². The fraction of sp³-hybridized carbons (Fsp3) is 0.154. The lowest BCUT2D eigenvalue weighted by atomic mass is 10.2. The van der Waals surface area contributed by atoms with Crippen molar-refractivity contribution in [2.75, 3.05) is 12.8 Å². The standard InChI is InChI=1S/C13H11NO3S3/c1-19-9-4-2-8(3-5-9)6-10-12(17)14(7-11(15)16)13(18)20-10/h2-6H,7H2,1H3,(H,15,16)/b10-6-. The molecule has 0 spiro atoms. The van der Waals surface area contributed by atoms with Crippen molar-refractivity contribution in [3.05, 3.63) is 34.7 Å². The second kappa shape index (κ2) is 6.43. The highest BCUT2D eigenvalue weighted by Gasteiger charge is 2.33. The number of aliphatic carboxylic acids is 1. The van der Waals surface area contributed by atoms with Gasteiger partial charge in [-0.25, -0.2) is 0 Å². The highest BCUT2D eigenvalue weighted by Crippen LogP contribution is 2.32. The van der Waals surface area contributed by atoms with E-state index in [1.165, 1.54) is 0 Å². The number of hydrogen-bond donors (Lipinski definition) is 1. The van der Waals surface area contributed by atoms with Crippen LogP contribution in [0.15, 0.2) is 34.1 Å². The van der Waals surface area contributed by atoms with Gasteiger partial charge < -0.3 is 5.11 Å². The van der Waals surface area contributed by atoms with Crippen LogP contribution in [0.25, 0.3) is 6.08 Å². The van der Waals surface area contributed by atoms with E-state index in [1.54, 1.807) is 17.8 Å². The molecule has 104 valence electrons. The minimum atomic E-state index is -1.08. The fourth-order valence-electron chi connectivity index (χ4n) is 1.62. The van der Waals surface area contributed by atoms with E-state index < -0.39 is 12.5 Å². The topological polar surface area (TPSA) is 57.6 Å². The minimum absolute atomic E-state index is 0.282. The Labute approximate surface area is 130 Å². The van der Waals surface area contributed by atoms with Crippen LogP contribution in [-0.2, 0) is 9.59 Å². The van der Waals surface area contributed by atoms with Gasteiger partial charge in [-0.2, -0.15) is 0 Å². The Hall–Kier alpha value is -1.31. The molecule has 1 aromatic carbocycles. The van der Waals surface area contributed by atoms with E-state index in [-0.39, 0.29) is 10.2 Å². The third kappa shape index (κ3) is 3.41. The predicted molar refractivity (Wildman–Crippen MR) is 85.7 cm³/mol. The number of nitrogens with zero attached hydrogens (tertiary/aromatic N) is 1. The molecule has 0 bridgehead atoms. The second-order valence-corrected chi connectivity index (χ2v) is 6.49. The monoisotopic (exact) mass is 325 g/mol. The van der Waals surface area contributed by atoms with Crippen LogP contribution < -0.4 is 0 Å². The van der Waals surface area contributed by atoms with Crippen LogP contribution in [0.1, 0.15) is 5.56 Å². The Balaban J connectivity index is 2.20. The van der Waals surface area contributed by atoms with E-state index in [1.807, 2.05) is 30.5 Å². The largest absolute Gasteiger partial charge is 0.480 e. The zero-order chi connectivity index (χ0) is 14.7. The van der Waals surface area contributed by atoms with Crippen molar-refractivity contribution in [3.63, 3.8) is 0 Å². The third-order valence-electron chi connectivity index (χ3n) is 2.58. The van der Waals surface area contributed by atoms with E-state index in [2.05, 4.69) is 0 Å². The average Bonchev–Trinajstić information content (AvgIpc) is 2.67. The van der Waals surface area contributed by atoms with E-state index in [4.69, 9.17) is 17.3 Å². The lowest BCUT2D eigenvalue weighted by Crippen LogP contribution is -2.33. The van der Waals surface area contributed by atoms with Crippen molar-refractivity contribution in [2.24, 2.45) is 0 Å². The molecule has 1 amide bonds. The summed E-state index contributed by atoms with van der Waals surface area (Å²) >= 11 is 7.80. The molecule has 20 heavy (non-hydrogen) atoms. The van der Waals surface area contributed by atoms with Gasteiger partial charge in [-0.05, 0) is 30.0 Å². The van der Waals surface area contributed by atoms with Crippen LogP contribution >= 0.6 is 35.7 Å². The fourth-order valence-corrected chi connectivity index (χ4v) is 3.29. The molecule has 1 saturated heterocycles. The summed E-state index contributed by atoms with van der Waals surface area (Å²) < 4.78 is 0.282. The Morgan fingerprint density at radius 1 is 1.45 bits per heavy atom. The zero-order valence-electron chi connectivity index (χ0n) is 10.5. The third-order valence-corrected chi connectivity index (χ3v) is 4.70. The summed E-state index contributed by atoms with van der Waals surface area (Å²) in [5.74, 6) is -1.43. The maximum atomic E-state index is 12.1. The number of carboxylic acid groups (broad SMARTS) is 1. The van der Waals surface area contributed by atoms with Crippen molar-refractivity contribution in [1.29, 1.82) is 0 Å². The summed E-state index contributed by atoms with van der Waals surface area (Å²) in [4.78, 5) is 25.5. The summed E-state index contributed by atoms with van der Waals surface area (Å²) in [5, 5.41) is 8.76. The predicted octanol–water partition coefficient (Wildman–Crippen LogP) is 2.69. The first-order chi connectivity index (χ1) is 9.51. The zero-order valence-corrected chi connectivity index (χ0v) is 13.0. The number of amides is 1. The number of hydrogen-bond acceptors (Lipinski definition) is 5. The lowest BCUT2D eigenvalue weighted by Gasteiger charge is -2.10. The number of carboxylic acids is 1. The van der Waals surface area contributed by atoms with Crippen LogP contribution in [0, 0.1) is 0 Å². The minimum Gasteiger partial charge on any atom is -0.480 e. The van der Waals surface area contributed by atoms with Crippen LogP contribution in [0.4, 0.5) is 0 Å². The van der Waals surface area contributed by atoms with Gasteiger partial charge in [0.15, 0.2) is 0 Å². The van der Waals surface area contributed by atoms with Crippen LogP contribution in [-0.4, -0.2) is 39.0 Å². The van der Waals surface area contributed by atoms with Crippen molar-refractivity contribution in [3.8, 4) is 0 Å². The molecule has 1 aromatic rings. The highest BCUT2D eigenvalue weighted by atomic mass is 32.2. The Bertz CT molecular complexity index is 595. The van der Waals surface area contributed by atoms with E-state index >= 15 is 0 Å². The molecule has 1 aliphatic rings. The molecule has 4 nitrogen and oxygen atoms in total. The Morgan fingerprint density at radius 3 is 2.65 bits per heavy atom.